The number of benzene rings is 2. The molecule has 1 amide bonds. The maximum absolute atomic E-state index is 12.2. The topological polar surface area (TPSA) is 127 Å². The van der Waals surface area contributed by atoms with Gasteiger partial charge in [-0.2, -0.15) is 0 Å². The summed E-state index contributed by atoms with van der Waals surface area (Å²) in [5.41, 5.74) is -0.0617. The third-order valence-corrected chi connectivity index (χ3v) is 3.14. The normalized spacial score (nSPS) is 10.3. The Morgan fingerprint density at radius 1 is 1.21 bits per heavy atom. The van der Waals surface area contributed by atoms with Crippen molar-refractivity contribution in [3.05, 3.63) is 68.9 Å². The highest BCUT2D eigenvalue weighted by Crippen LogP contribution is 2.17. The maximum Gasteiger partial charge on any atom is 0.418 e. The number of nitro groups is 1. The van der Waals surface area contributed by atoms with Crippen molar-refractivity contribution in [2.75, 3.05) is 5.32 Å². The highest BCUT2D eigenvalue weighted by atomic mass is 16.6. The van der Waals surface area contributed by atoms with Crippen LogP contribution in [0.2, 0.25) is 0 Å². The van der Waals surface area contributed by atoms with E-state index in [2.05, 4.69) is 15.5 Å². The number of anilines is 1. The van der Waals surface area contributed by atoms with E-state index < -0.39 is 22.3 Å². The van der Waals surface area contributed by atoms with Crippen molar-refractivity contribution in [3.8, 4) is 5.88 Å². The molecule has 3 rings (SSSR count). The van der Waals surface area contributed by atoms with Crippen molar-refractivity contribution < 1.29 is 14.5 Å². The molecule has 9 heteroatoms. The van der Waals surface area contributed by atoms with Crippen LogP contribution in [0, 0.1) is 10.1 Å². The third-order valence-electron chi connectivity index (χ3n) is 3.14. The van der Waals surface area contributed by atoms with Gasteiger partial charge in [0.2, 0.25) is 0 Å². The molecule has 1 aromatic heterocycles. The Hall–Kier alpha value is -3.75. The number of nitro benzene ring substituents is 1. The predicted molar refractivity (Wildman–Crippen MR) is 85.1 cm³/mol. The van der Waals surface area contributed by atoms with E-state index in [0.717, 1.165) is 0 Å². The van der Waals surface area contributed by atoms with Crippen LogP contribution in [0.1, 0.15) is 0 Å². The van der Waals surface area contributed by atoms with Crippen molar-refractivity contribution >= 4 is 28.4 Å². The Kier molecular flexibility index (Phi) is 3.89. The number of carbonyl (C=O) groups excluding carboxylic acids is 1. The molecule has 0 saturated carbocycles. The van der Waals surface area contributed by atoms with Crippen LogP contribution in [0.15, 0.2) is 53.3 Å². The molecule has 0 atom stereocenters. The molecule has 0 radical (unpaired) electrons. The lowest BCUT2D eigenvalue weighted by Crippen LogP contribution is -2.22. The van der Waals surface area contributed by atoms with Crippen molar-refractivity contribution in [1.82, 2.24) is 10.2 Å². The molecule has 1 heterocycles. The maximum atomic E-state index is 12.2. The molecule has 0 bridgehead atoms. The minimum absolute atomic E-state index is 0.159. The summed E-state index contributed by atoms with van der Waals surface area (Å²) in [6, 6.07) is 11.9. The highest BCUT2D eigenvalue weighted by Gasteiger charge is 2.14. The van der Waals surface area contributed by atoms with Gasteiger partial charge in [-0.15, -0.1) is 5.10 Å². The summed E-state index contributed by atoms with van der Waals surface area (Å²) in [6.45, 7) is 0. The molecule has 0 saturated heterocycles. The van der Waals surface area contributed by atoms with Gasteiger partial charge in [0.15, 0.2) is 0 Å². The molecule has 2 aromatic carbocycles. The first-order valence-electron chi connectivity index (χ1n) is 6.75. The van der Waals surface area contributed by atoms with Crippen LogP contribution in [-0.4, -0.2) is 21.2 Å². The molecule has 0 spiro atoms. The lowest BCUT2D eigenvalue weighted by Gasteiger charge is -2.06. The van der Waals surface area contributed by atoms with Crippen molar-refractivity contribution in [2.24, 2.45) is 0 Å². The van der Waals surface area contributed by atoms with Crippen LogP contribution in [0.4, 0.5) is 16.2 Å². The fraction of sp³-hybridized carbons (Fsp3) is 0. The number of rotatable bonds is 3. The van der Waals surface area contributed by atoms with Gasteiger partial charge in [-0.25, -0.2) is 4.79 Å². The first-order valence-corrected chi connectivity index (χ1v) is 6.75. The number of para-hydroxylation sites is 1. The lowest BCUT2D eigenvalue weighted by molar-refractivity contribution is -0.384. The molecule has 0 aliphatic rings. The van der Waals surface area contributed by atoms with Gasteiger partial charge in [-0.3, -0.25) is 25.3 Å². The molecular weight excluding hydrogens is 316 g/mol. The van der Waals surface area contributed by atoms with E-state index in [4.69, 9.17) is 4.74 Å². The fourth-order valence-electron chi connectivity index (χ4n) is 2.05. The first-order chi connectivity index (χ1) is 11.5. The third kappa shape index (κ3) is 3.04. The van der Waals surface area contributed by atoms with Gasteiger partial charge in [0, 0.05) is 12.1 Å². The summed E-state index contributed by atoms with van der Waals surface area (Å²) in [4.78, 5) is 34.2. The lowest BCUT2D eigenvalue weighted by atomic mass is 10.2. The fourth-order valence-corrected chi connectivity index (χ4v) is 2.05. The van der Waals surface area contributed by atoms with Gasteiger partial charge in [0.25, 0.3) is 17.0 Å². The van der Waals surface area contributed by atoms with Gasteiger partial charge in [0.1, 0.15) is 0 Å². The minimum Gasteiger partial charge on any atom is -0.385 e. The SMILES string of the molecule is O=C(Nc1cccc([N+](=O)[O-])c1)Oc1n[nH]c2ccccc2c1=O. The molecular formula is C15H10N4O5. The van der Waals surface area contributed by atoms with Crippen LogP contribution in [0.25, 0.3) is 10.9 Å². The minimum atomic E-state index is -0.983. The quantitative estimate of drug-likeness (QED) is 0.562. The van der Waals surface area contributed by atoms with Crippen molar-refractivity contribution in [3.63, 3.8) is 0 Å². The van der Waals surface area contributed by atoms with E-state index in [1.165, 1.54) is 24.3 Å². The molecule has 0 fully saturated rings. The van der Waals surface area contributed by atoms with Gasteiger partial charge < -0.3 is 4.74 Å². The van der Waals surface area contributed by atoms with E-state index in [1.807, 2.05) is 0 Å². The predicted octanol–water partition coefficient (Wildman–Crippen LogP) is 2.44. The standard InChI is InChI=1S/C15H10N4O5/c20-13-11-6-1-2-7-12(11)17-18-14(13)24-15(21)16-9-4-3-5-10(8-9)19(22)23/h1-8H,(H,16,21)(H,17,20). The van der Waals surface area contributed by atoms with E-state index >= 15 is 0 Å². The molecule has 2 N–H and O–H groups in total. The number of hydrogen-bond donors (Lipinski definition) is 2. The van der Waals surface area contributed by atoms with Gasteiger partial charge in [-0.1, -0.05) is 18.2 Å². The smallest absolute Gasteiger partial charge is 0.385 e. The molecule has 24 heavy (non-hydrogen) atoms. The van der Waals surface area contributed by atoms with E-state index in [9.17, 15) is 19.7 Å². The first kappa shape index (κ1) is 15.2. The number of non-ortho nitro benzene ring substituents is 1. The number of ether oxygens (including phenoxy) is 1. The van der Waals surface area contributed by atoms with Crippen LogP contribution in [0.3, 0.4) is 0 Å². The second-order valence-corrected chi connectivity index (χ2v) is 4.73. The monoisotopic (exact) mass is 326 g/mol. The zero-order valence-corrected chi connectivity index (χ0v) is 12.1. The Morgan fingerprint density at radius 3 is 2.79 bits per heavy atom. The number of nitrogens with zero attached hydrogens (tertiary/aromatic N) is 2. The Balaban J connectivity index is 1.80. The van der Waals surface area contributed by atoms with Gasteiger partial charge in [0.05, 0.1) is 21.5 Å². The summed E-state index contributed by atoms with van der Waals surface area (Å²) in [5.74, 6) is -0.420. The van der Waals surface area contributed by atoms with Crippen LogP contribution >= 0.6 is 0 Å². The molecule has 0 aliphatic heterocycles. The van der Waals surface area contributed by atoms with Crippen molar-refractivity contribution in [1.29, 1.82) is 0 Å². The summed E-state index contributed by atoms with van der Waals surface area (Å²) < 4.78 is 4.88. The Labute approximate surface area is 134 Å². The van der Waals surface area contributed by atoms with Gasteiger partial charge >= 0.3 is 6.09 Å². The van der Waals surface area contributed by atoms with Crippen LogP contribution < -0.4 is 15.5 Å². The average Bonchev–Trinajstić information content (AvgIpc) is 2.58. The second kappa shape index (κ2) is 6.16. The zero-order valence-electron chi connectivity index (χ0n) is 12.1. The largest absolute Gasteiger partial charge is 0.418 e. The average molecular weight is 326 g/mol. The number of hydrogen-bond acceptors (Lipinski definition) is 6. The Bertz CT molecular complexity index is 998. The highest BCUT2D eigenvalue weighted by molar-refractivity contribution is 5.87. The molecule has 3 aromatic rings. The molecule has 120 valence electrons. The van der Waals surface area contributed by atoms with Crippen LogP contribution in [0.5, 0.6) is 5.88 Å². The zero-order chi connectivity index (χ0) is 17.1. The summed E-state index contributed by atoms with van der Waals surface area (Å²) in [7, 11) is 0. The number of aromatic amines is 1. The number of amides is 1. The number of H-pyrrole nitrogens is 1. The molecule has 0 aliphatic carbocycles. The second-order valence-electron chi connectivity index (χ2n) is 4.73. The number of nitrogens with one attached hydrogen (secondary N) is 2. The number of aromatic nitrogens is 2. The van der Waals surface area contributed by atoms with E-state index in [0.29, 0.717) is 10.9 Å². The summed E-state index contributed by atoms with van der Waals surface area (Å²) >= 11 is 0. The van der Waals surface area contributed by atoms with Crippen molar-refractivity contribution in [2.45, 2.75) is 0 Å². The summed E-state index contributed by atoms with van der Waals surface area (Å²) in [6.07, 6.45) is -0.983. The molecule has 9 nitrogen and oxygen atoms in total. The van der Waals surface area contributed by atoms with E-state index in [1.54, 1.807) is 24.3 Å². The van der Waals surface area contributed by atoms with E-state index in [-0.39, 0.29) is 11.4 Å². The number of fused-ring (bicyclic) bond motifs is 1. The van der Waals surface area contributed by atoms with Gasteiger partial charge in [-0.05, 0) is 18.2 Å². The summed E-state index contributed by atoms with van der Waals surface area (Å²) in [5, 5.41) is 19.6. The Morgan fingerprint density at radius 2 is 2.00 bits per heavy atom. The molecule has 0 unspecified atom stereocenters. The number of carbonyl (C=O) groups is 1. The van der Waals surface area contributed by atoms with Crippen LogP contribution in [-0.2, 0) is 0 Å².